The maximum Gasteiger partial charge on any atom is 0.331 e. The van der Waals surface area contributed by atoms with Gasteiger partial charge in [0.25, 0.3) is 0 Å². The van der Waals surface area contributed by atoms with E-state index in [1.165, 1.54) is 6.42 Å². The molecule has 5 heteroatoms. The molecule has 0 radical (unpaired) electrons. The highest BCUT2D eigenvalue weighted by atomic mass is 31.1. The second-order valence-corrected chi connectivity index (χ2v) is 7.90. The molecule has 132 valence electrons. The average molecular weight is 350 g/mol. The van der Waals surface area contributed by atoms with Crippen molar-refractivity contribution in [2.24, 2.45) is 5.92 Å². The van der Waals surface area contributed by atoms with Crippen molar-refractivity contribution < 1.29 is 19.0 Å². The average Bonchev–Trinajstić information content (AvgIpc) is 2.55. The van der Waals surface area contributed by atoms with Crippen molar-refractivity contribution >= 4 is 14.0 Å². The number of benzene rings is 1. The zero-order chi connectivity index (χ0) is 17.4. The van der Waals surface area contributed by atoms with Gasteiger partial charge in [0.2, 0.25) is 0 Å². The predicted octanol–water partition coefficient (Wildman–Crippen LogP) is 4.70. The molecule has 0 aliphatic heterocycles. The molecule has 1 aliphatic rings. The Kier molecular flexibility index (Phi) is 7.74. The summed E-state index contributed by atoms with van der Waals surface area (Å²) in [5, 5.41) is 9.38. The summed E-state index contributed by atoms with van der Waals surface area (Å²) in [7, 11) is -2.40. The quantitative estimate of drug-likeness (QED) is 0.545. The molecule has 0 bridgehead atoms. The number of carboxylic acids is 1. The van der Waals surface area contributed by atoms with Gasteiger partial charge in [-0.1, -0.05) is 55.7 Å². The first kappa shape index (κ1) is 19.0. The molecule has 1 fully saturated rings. The first-order valence-electron chi connectivity index (χ1n) is 8.72. The Balaban J connectivity index is 1.88. The number of hydrogen-bond donors (Lipinski definition) is 1. The molecule has 2 atom stereocenters. The van der Waals surface area contributed by atoms with Crippen molar-refractivity contribution in [1.29, 1.82) is 0 Å². The van der Waals surface area contributed by atoms with Gasteiger partial charge in [0.1, 0.15) is 0 Å². The summed E-state index contributed by atoms with van der Waals surface area (Å²) in [5.74, 6) is -0.667. The summed E-state index contributed by atoms with van der Waals surface area (Å²) in [6, 6.07) is 9.87. The molecule has 0 saturated heterocycles. The van der Waals surface area contributed by atoms with Crippen LogP contribution in [0.25, 0.3) is 0 Å². The van der Waals surface area contributed by atoms with E-state index in [1.807, 2.05) is 43.3 Å². The Morgan fingerprint density at radius 2 is 1.96 bits per heavy atom. The molecule has 0 aromatic heterocycles. The van der Waals surface area contributed by atoms with E-state index in [0.717, 1.165) is 31.2 Å². The Morgan fingerprint density at radius 3 is 2.58 bits per heavy atom. The molecule has 1 aliphatic carbocycles. The lowest BCUT2D eigenvalue weighted by molar-refractivity contribution is -0.132. The van der Waals surface area contributed by atoms with Gasteiger partial charge in [0.05, 0.1) is 12.3 Å². The maximum atomic E-state index is 12.3. The summed E-state index contributed by atoms with van der Waals surface area (Å²) in [6.07, 6.45) is 7.90. The summed E-state index contributed by atoms with van der Waals surface area (Å²) in [6.45, 7) is 1.88. The van der Waals surface area contributed by atoms with Gasteiger partial charge in [-0.15, -0.1) is 0 Å². The number of carboxylic acid groups (broad SMARTS) is 1. The summed E-state index contributed by atoms with van der Waals surface area (Å²) in [4.78, 5) is 11.4. The van der Waals surface area contributed by atoms with Crippen molar-refractivity contribution in [3.63, 3.8) is 0 Å². The van der Waals surface area contributed by atoms with Gasteiger partial charge in [0, 0.05) is 5.57 Å². The second kappa shape index (κ2) is 9.80. The van der Waals surface area contributed by atoms with Gasteiger partial charge in [-0.2, -0.15) is 0 Å². The maximum absolute atomic E-state index is 12.3. The van der Waals surface area contributed by atoms with E-state index in [0.29, 0.717) is 12.3 Å². The van der Waals surface area contributed by atoms with Gasteiger partial charge >= 0.3 is 5.97 Å². The highest BCUT2D eigenvalue weighted by molar-refractivity contribution is 7.39. The number of carbonyl (C=O) groups is 1. The molecule has 0 heterocycles. The molecule has 1 N–H and O–H groups in total. The van der Waals surface area contributed by atoms with E-state index in [1.54, 1.807) is 0 Å². The highest BCUT2D eigenvalue weighted by Crippen LogP contribution is 2.31. The minimum absolute atomic E-state index is 0.0234. The van der Waals surface area contributed by atoms with Gasteiger partial charge in [0.15, 0.2) is 8.03 Å². The Bertz CT molecular complexity index is 576. The van der Waals surface area contributed by atoms with Crippen LogP contribution in [0.15, 0.2) is 42.0 Å². The van der Waals surface area contributed by atoms with Gasteiger partial charge in [-0.3, -0.25) is 4.57 Å². The van der Waals surface area contributed by atoms with Crippen LogP contribution in [0.4, 0.5) is 0 Å². The van der Waals surface area contributed by atoms with Crippen LogP contribution in [0.1, 0.15) is 44.6 Å². The number of aliphatic carboxylic acids is 1. The molecule has 1 aromatic rings. The molecular weight excluding hydrogens is 323 g/mol. The minimum atomic E-state index is -2.40. The SMILES string of the molecule is CC(Cc1ccccc1)O[PH](=O)CC(=CC1CCCCC1)C(=O)O. The summed E-state index contributed by atoms with van der Waals surface area (Å²) >= 11 is 0. The number of allylic oxidation sites excluding steroid dienone is 1. The van der Waals surface area contributed by atoms with Crippen LogP contribution in [0, 0.1) is 5.92 Å². The van der Waals surface area contributed by atoms with E-state index in [-0.39, 0.29) is 17.8 Å². The van der Waals surface area contributed by atoms with Crippen LogP contribution in [0.3, 0.4) is 0 Å². The highest BCUT2D eigenvalue weighted by Gasteiger charge is 2.18. The van der Waals surface area contributed by atoms with E-state index in [4.69, 9.17) is 4.52 Å². The van der Waals surface area contributed by atoms with Crippen LogP contribution in [-0.4, -0.2) is 23.3 Å². The van der Waals surface area contributed by atoms with Crippen molar-refractivity contribution in [3.8, 4) is 0 Å². The van der Waals surface area contributed by atoms with Crippen LogP contribution >= 0.6 is 8.03 Å². The van der Waals surface area contributed by atoms with Crippen molar-refractivity contribution in [2.75, 3.05) is 6.16 Å². The molecule has 2 rings (SSSR count). The topological polar surface area (TPSA) is 63.6 Å². The van der Waals surface area contributed by atoms with Crippen LogP contribution in [-0.2, 0) is 20.3 Å². The van der Waals surface area contributed by atoms with Gasteiger partial charge < -0.3 is 9.63 Å². The smallest absolute Gasteiger partial charge is 0.331 e. The third kappa shape index (κ3) is 6.62. The lowest BCUT2D eigenvalue weighted by Gasteiger charge is -2.19. The molecule has 4 nitrogen and oxygen atoms in total. The van der Waals surface area contributed by atoms with Crippen LogP contribution in [0.5, 0.6) is 0 Å². The van der Waals surface area contributed by atoms with E-state index < -0.39 is 14.0 Å². The zero-order valence-corrected chi connectivity index (χ0v) is 15.2. The van der Waals surface area contributed by atoms with Gasteiger partial charge in [-0.25, -0.2) is 4.79 Å². The molecule has 1 aromatic carbocycles. The van der Waals surface area contributed by atoms with E-state index in [9.17, 15) is 14.5 Å². The molecule has 2 unspecified atom stereocenters. The lowest BCUT2D eigenvalue weighted by Crippen LogP contribution is -2.12. The van der Waals surface area contributed by atoms with Crippen LogP contribution < -0.4 is 0 Å². The monoisotopic (exact) mass is 350 g/mol. The van der Waals surface area contributed by atoms with Crippen molar-refractivity contribution in [3.05, 3.63) is 47.5 Å². The second-order valence-electron chi connectivity index (χ2n) is 6.56. The van der Waals surface area contributed by atoms with Crippen molar-refractivity contribution in [1.82, 2.24) is 0 Å². The molecule has 24 heavy (non-hydrogen) atoms. The Labute approximate surface area is 144 Å². The fraction of sp³-hybridized carbons (Fsp3) is 0.526. The minimum Gasteiger partial charge on any atom is -0.478 e. The molecular formula is C19H27O4P. The molecule has 1 saturated carbocycles. The standard InChI is InChI=1S/C19H27O4P/c1-15(12-16-8-4-2-5-9-16)23-24(22)14-18(19(20)21)13-17-10-6-3-7-11-17/h2,4-5,8-9,13,15,17,24H,3,6-7,10-12,14H2,1H3,(H,20,21). The fourth-order valence-corrected chi connectivity index (χ4v) is 4.40. The molecule has 0 spiro atoms. The fourth-order valence-electron chi connectivity index (χ4n) is 3.20. The zero-order valence-electron chi connectivity index (χ0n) is 14.2. The predicted molar refractivity (Wildman–Crippen MR) is 96.9 cm³/mol. The lowest BCUT2D eigenvalue weighted by atomic mass is 9.88. The van der Waals surface area contributed by atoms with Crippen LogP contribution in [0.2, 0.25) is 0 Å². The summed E-state index contributed by atoms with van der Waals surface area (Å²) in [5.41, 5.74) is 1.37. The number of hydrogen-bond acceptors (Lipinski definition) is 3. The van der Waals surface area contributed by atoms with E-state index in [2.05, 4.69) is 0 Å². The Morgan fingerprint density at radius 1 is 1.29 bits per heavy atom. The number of rotatable bonds is 8. The first-order chi connectivity index (χ1) is 11.5. The van der Waals surface area contributed by atoms with Gasteiger partial charge in [-0.05, 0) is 37.7 Å². The Hall–Kier alpha value is -1.38. The third-order valence-corrected chi connectivity index (χ3v) is 5.73. The third-order valence-electron chi connectivity index (χ3n) is 4.39. The largest absolute Gasteiger partial charge is 0.478 e. The normalized spacial score (nSPS) is 19.0. The van der Waals surface area contributed by atoms with E-state index >= 15 is 0 Å². The first-order valence-corrected chi connectivity index (χ1v) is 10.2. The summed E-state index contributed by atoms with van der Waals surface area (Å²) < 4.78 is 17.8. The van der Waals surface area contributed by atoms with Crippen molar-refractivity contribution in [2.45, 2.75) is 51.6 Å². The molecule has 0 amide bonds.